The van der Waals surface area contributed by atoms with Gasteiger partial charge in [-0.3, -0.25) is 14.5 Å². The normalized spacial score (nSPS) is 15.3. The van der Waals surface area contributed by atoms with Crippen molar-refractivity contribution in [2.75, 3.05) is 36.9 Å². The van der Waals surface area contributed by atoms with Crippen molar-refractivity contribution in [2.24, 2.45) is 0 Å². The van der Waals surface area contributed by atoms with Gasteiger partial charge >= 0.3 is 12.1 Å². The molecule has 0 spiro atoms. The topological polar surface area (TPSA) is 117 Å². The molecule has 2 aromatic rings. The van der Waals surface area contributed by atoms with Crippen LogP contribution >= 0.6 is 0 Å². The van der Waals surface area contributed by atoms with Gasteiger partial charge in [0.05, 0.1) is 12.1 Å². The van der Waals surface area contributed by atoms with Gasteiger partial charge in [0.2, 0.25) is 11.8 Å². The summed E-state index contributed by atoms with van der Waals surface area (Å²) in [5.74, 6) is -0.924. The number of nitrogens with one attached hydrogen (secondary N) is 2. The van der Waals surface area contributed by atoms with E-state index >= 15 is 0 Å². The van der Waals surface area contributed by atoms with Crippen LogP contribution in [0.25, 0.3) is 0 Å². The largest absolute Gasteiger partial charge is 0.456 e. The summed E-state index contributed by atoms with van der Waals surface area (Å²) < 4.78 is 10.8. The van der Waals surface area contributed by atoms with E-state index in [9.17, 15) is 19.2 Å². The number of carbonyl (C=O) groups excluding carboxylic acids is 4. The smallest absolute Gasteiger partial charge is 0.408 e. The van der Waals surface area contributed by atoms with Crippen molar-refractivity contribution in [1.29, 1.82) is 0 Å². The Labute approximate surface area is 236 Å². The Morgan fingerprint density at radius 1 is 0.925 bits per heavy atom. The highest BCUT2D eigenvalue weighted by molar-refractivity contribution is 5.98. The molecule has 0 aliphatic carbocycles. The Bertz CT molecular complexity index is 1230. The average molecular weight is 553 g/mol. The molecule has 3 amide bonds. The third-order valence-corrected chi connectivity index (χ3v) is 5.87. The zero-order valence-electron chi connectivity index (χ0n) is 24.4. The molecule has 1 saturated heterocycles. The first kappa shape index (κ1) is 30.6. The summed E-state index contributed by atoms with van der Waals surface area (Å²) in [6, 6.07) is 12.7. The zero-order valence-corrected chi connectivity index (χ0v) is 24.4. The number of amides is 3. The molecular formula is C30H40N4O6. The molecule has 1 heterocycles. The van der Waals surface area contributed by atoms with E-state index < -0.39 is 35.2 Å². The molecule has 0 bridgehead atoms. The molecule has 1 aliphatic heterocycles. The van der Waals surface area contributed by atoms with Gasteiger partial charge in [-0.1, -0.05) is 12.1 Å². The number of benzene rings is 2. The summed E-state index contributed by atoms with van der Waals surface area (Å²) >= 11 is 0. The summed E-state index contributed by atoms with van der Waals surface area (Å²) in [4.78, 5) is 54.6. The third kappa shape index (κ3) is 9.37. The van der Waals surface area contributed by atoms with Crippen LogP contribution in [0.15, 0.2) is 48.5 Å². The van der Waals surface area contributed by atoms with Crippen LogP contribution in [-0.2, 0) is 25.5 Å². The maximum absolute atomic E-state index is 13.4. The third-order valence-electron chi connectivity index (χ3n) is 5.87. The molecule has 0 aromatic heterocycles. The monoisotopic (exact) mass is 552 g/mol. The number of alkyl carbamates (subject to hydrolysis) is 1. The lowest BCUT2D eigenvalue weighted by Crippen LogP contribution is -2.49. The van der Waals surface area contributed by atoms with Crippen molar-refractivity contribution < 1.29 is 28.7 Å². The molecular weight excluding hydrogens is 512 g/mol. The predicted molar refractivity (Wildman–Crippen MR) is 153 cm³/mol. The van der Waals surface area contributed by atoms with Gasteiger partial charge in [-0.15, -0.1) is 0 Å². The molecule has 0 saturated carbocycles. The van der Waals surface area contributed by atoms with Crippen LogP contribution in [0.2, 0.25) is 0 Å². The Morgan fingerprint density at radius 2 is 1.57 bits per heavy atom. The highest BCUT2D eigenvalue weighted by Crippen LogP contribution is 2.21. The minimum absolute atomic E-state index is 0.00176. The maximum Gasteiger partial charge on any atom is 0.408 e. The summed E-state index contributed by atoms with van der Waals surface area (Å²) in [7, 11) is 1.91. The minimum atomic E-state index is -0.973. The fourth-order valence-electron chi connectivity index (χ4n) is 4.07. The van der Waals surface area contributed by atoms with Gasteiger partial charge in [-0.05, 0) is 90.6 Å². The molecule has 1 fully saturated rings. The van der Waals surface area contributed by atoms with Crippen LogP contribution < -0.4 is 15.5 Å². The number of hydrogen-bond donors (Lipinski definition) is 2. The fraction of sp³-hybridized carbons (Fsp3) is 0.467. The lowest BCUT2D eigenvalue weighted by atomic mass is 10.0. The highest BCUT2D eigenvalue weighted by atomic mass is 16.6. The van der Waals surface area contributed by atoms with Crippen molar-refractivity contribution in [3.05, 3.63) is 59.7 Å². The van der Waals surface area contributed by atoms with Gasteiger partial charge in [0, 0.05) is 30.9 Å². The number of ether oxygens (including phenoxy) is 2. The summed E-state index contributed by atoms with van der Waals surface area (Å²) in [6.45, 7) is 12.2. The number of likely N-dealkylation sites (N-methyl/N-ethyl adjacent to an activating group) is 1. The second-order valence-corrected chi connectivity index (χ2v) is 11.9. The SMILES string of the molecule is CN1CCN(c2cccc(C[C@H](NC(=O)OC(C)(C)C)C(=O)Nc3ccc(C(=O)OC(C)(C)C)cc3)c2)C(=O)C1. The van der Waals surface area contributed by atoms with Crippen molar-refractivity contribution in [3.8, 4) is 0 Å². The minimum Gasteiger partial charge on any atom is -0.456 e. The van der Waals surface area contributed by atoms with Crippen molar-refractivity contribution in [1.82, 2.24) is 10.2 Å². The van der Waals surface area contributed by atoms with Crippen molar-refractivity contribution >= 4 is 35.3 Å². The second-order valence-electron chi connectivity index (χ2n) is 11.9. The van der Waals surface area contributed by atoms with E-state index in [0.717, 1.165) is 17.8 Å². The zero-order chi connectivity index (χ0) is 29.7. The van der Waals surface area contributed by atoms with Crippen molar-refractivity contribution in [3.63, 3.8) is 0 Å². The van der Waals surface area contributed by atoms with E-state index in [-0.39, 0.29) is 12.3 Å². The molecule has 10 heteroatoms. The number of nitrogens with zero attached hydrogens (tertiary/aromatic N) is 2. The van der Waals surface area contributed by atoms with Crippen molar-refractivity contribution in [2.45, 2.75) is 65.2 Å². The average Bonchev–Trinajstić information content (AvgIpc) is 2.82. The van der Waals surface area contributed by atoms with E-state index in [4.69, 9.17) is 9.47 Å². The molecule has 10 nitrogen and oxygen atoms in total. The van der Waals surface area contributed by atoms with Gasteiger partial charge in [0.15, 0.2) is 0 Å². The van der Waals surface area contributed by atoms with Gasteiger partial charge in [0.1, 0.15) is 17.2 Å². The molecule has 2 aromatic carbocycles. The number of esters is 1. The Kier molecular flexibility index (Phi) is 9.57. The van der Waals surface area contributed by atoms with E-state index in [0.29, 0.717) is 24.3 Å². The molecule has 1 atom stereocenters. The number of rotatable bonds is 7. The lowest BCUT2D eigenvalue weighted by molar-refractivity contribution is -0.121. The Morgan fingerprint density at radius 3 is 2.17 bits per heavy atom. The van der Waals surface area contributed by atoms with E-state index in [1.807, 2.05) is 36.2 Å². The molecule has 1 aliphatic rings. The van der Waals surface area contributed by atoms with Crippen LogP contribution in [-0.4, -0.2) is 72.7 Å². The second kappa shape index (κ2) is 12.5. The van der Waals surface area contributed by atoms with E-state index in [1.165, 1.54) is 0 Å². The van der Waals surface area contributed by atoms with Crippen LogP contribution in [0.1, 0.15) is 57.5 Å². The van der Waals surface area contributed by atoms with Gasteiger partial charge in [-0.25, -0.2) is 9.59 Å². The number of hydrogen-bond acceptors (Lipinski definition) is 7. The Balaban J connectivity index is 1.77. The van der Waals surface area contributed by atoms with Gasteiger partial charge < -0.3 is 25.0 Å². The molecule has 2 N–H and O–H groups in total. The van der Waals surface area contributed by atoms with Crippen LogP contribution in [0.5, 0.6) is 0 Å². The first-order valence-electron chi connectivity index (χ1n) is 13.3. The number of carbonyl (C=O) groups is 4. The fourth-order valence-corrected chi connectivity index (χ4v) is 4.07. The molecule has 40 heavy (non-hydrogen) atoms. The number of anilines is 2. The number of piperazine rings is 1. The predicted octanol–water partition coefficient (Wildman–Crippen LogP) is 3.99. The van der Waals surface area contributed by atoms with E-state index in [2.05, 4.69) is 10.6 Å². The standard InChI is InChI=1S/C30H40N4O6/c1-29(2,3)39-27(37)21-11-13-22(14-12-21)31-26(36)24(32-28(38)40-30(4,5)6)18-20-9-8-10-23(17-20)34-16-15-33(7)19-25(34)35/h8-14,17,24H,15-16,18-19H2,1-7H3,(H,31,36)(H,32,38)/t24-/m0/s1. The highest BCUT2D eigenvalue weighted by Gasteiger charge is 2.27. The summed E-state index contributed by atoms with van der Waals surface area (Å²) in [6.07, 6.45) is -0.560. The first-order chi connectivity index (χ1) is 18.6. The summed E-state index contributed by atoms with van der Waals surface area (Å²) in [5.41, 5.74) is 0.936. The van der Waals surface area contributed by atoms with E-state index in [1.54, 1.807) is 70.7 Å². The van der Waals surface area contributed by atoms with Crippen LogP contribution in [0, 0.1) is 0 Å². The lowest BCUT2D eigenvalue weighted by Gasteiger charge is -2.32. The maximum atomic E-state index is 13.4. The molecule has 0 radical (unpaired) electrons. The first-order valence-corrected chi connectivity index (χ1v) is 13.3. The van der Waals surface area contributed by atoms with Gasteiger partial charge in [-0.2, -0.15) is 0 Å². The summed E-state index contributed by atoms with van der Waals surface area (Å²) in [5, 5.41) is 5.48. The molecule has 3 rings (SSSR count). The molecule has 216 valence electrons. The Hall–Kier alpha value is -3.92. The van der Waals surface area contributed by atoms with Crippen LogP contribution in [0.3, 0.4) is 0 Å². The quantitative estimate of drug-likeness (QED) is 0.499. The van der Waals surface area contributed by atoms with Gasteiger partial charge in [0.25, 0.3) is 0 Å². The molecule has 0 unspecified atom stereocenters. The van der Waals surface area contributed by atoms with Crippen LogP contribution in [0.4, 0.5) is 16.2 Å².